The number of carbonyl (C=O) groups is 1. The summed E-state index contributed by atoms with van der Waals surface area (Å²) < 4.78 is 10.9. The molecule has 9 heteroatoms. The molecule has 0 atom stereocenters. The van der Waals surface area contributed by atoms with E-state index < -0.39 is 4.92 Å². The summed E-state index contributed by atoms with van der Waals surface area (Å²) >= 11 is 5.31. The summed E-state index contributed by atoms with van der Waals surface area (Å²) in [5.74, 6) is 1.34. The van der Waals surface area contributed by atoms with Crippen LogP contribution in [0, 0.1) is 10.1 Å². The van der Waals surface area contributed by atoms with Gasteiger partial charge in [0.25, 0.3) is 11.6 Å². The molecule has 1 aromatic heterocycles. The molecule has 0 radical (unpaired) electrons. The van der Waals surface area contributed by atoms with E-state index >= 15 is 0 Å². The van der Waals surface area contributed by atoms with Crippen molar-refractivity contribution in [2.45, 2.75) is 0 Å². The van der Waals surface area contributed by atoms with Crippen LogP contribution in [0.4, 0.5) is 11.4 Å². The summed E-state index contributed by atoms with van der Waals surface area (Å²) in [6.07, 6.45) is 1.56. The molecule has 8 nitrogen and oxygen atoms in total. The average Bonchev–Trinajstić information content (AvgIpc) is 3.33. The number of amides is 1. The van der Waals surface area contributed by atoms with E-state index in [-0.39, 0.29) is 22.4 Å². The summed E-state index contributed by atoms with van der Waals surface area (Å²) in [7, 11) is 1.57. The zero-order valence-corrected chi connectivity index (χ0v) is 16.5. The van der Waals surface area contributed by atoms with E-state index in [1.807, 2.05) is 0 Å². The van der Waals surface area contributed by atoms with Gasteiger partial charge in [-0.1, -0.05) is 0 Å². The number of hydrogen-bond acceptors (Lipinski definition) is 6. The Balaban J connectivity index is 1.56. The highest BCUT2D eigenvalue weighted by Gasteiger charge is 2.32. The second kappa shape index (κ2) is 7.80. The zero-order chi connectivity index (χ0) is 21.3. The van der Waals surface area contributed by atoms with Crippen molar-refractivity contribution >= 4 is 40.7 Å². The molecule has 0 aliphatic carbocycles. The minimum absolute atomic E-state index is 0.000496. The summed E-state index contributed by atoms with van der Waals surface area (Å²) in [5.41, 5.74) is 1.58. The Hall–Kier alpha value is -3.98. The van der Waals surface area contributed by atoms with Crippen LogP contribution in [0.25, 0.3) is 17.4 Å². The molecule has 1 aliphatic rings. The number of ether oxygens (including phenoxy) is 1. The fourth-order valence-corrected chi connectivity index (χ4v) is 3.27. The third-order valence-electron chi connectivity index (χ3n) is 4.48. The summed E-state index contributed by atoms with van der Waals surface area (Å²) in [6.45, 7) is 0. The lowest BCUT2D eigenvalue weighted by atomic mass is 10.1. The van der Waals surface area contributed by atoms with Crippen molar-refractivity contribution in [2.75, 3.05) is 12.0 Å². The number of nitrogens with one attached hydrogen (secondary N) is 1. The number of furan rings is 1. The van der Waals surface area contributed by atoms with Gasteiger partial charge in [-0.3, -0.25) is 19.8 Å². The first-order valence-electron chi connectivity index (χ1n) is 8.82. The monoisotopic (exact) mass is 421 g/mol. The number of methoxy groups -OCH3 is 1. The van der Waals surface area contributed by atoms with Gasteiger partial charge < -0.3 is 14.5 Å². The SMILES string of the molecule is COc1ccc(N2C(=O)/C(=C/c3ccc(-c4ccc([N+](=O)[O-])cc4)o3)NC2=S)cc1. The Bertz CT molecular complexity index is 1170. The van der Waals surface area contributed by atoms with Gasteiger partial charge in [-0.05, 0) is 60.7 Å². The van der Waals surface area contributed by atoms with Crippen LogP contribution in [0.5, 0.6) is 5.75 Å². The lowest BCUT2D eigenvalue weighted by Crippen LogP contribution is -2.30. The van der Waals surface area contributed by atoms with Crippen molar-refractivity contribution in [3.05, 3.63) is 82.2 Å². The van der Waals surface area contributed by atoms with Crippen molar-refractivity contribution in [2.24, 2.45) is 0 Å². The molecule has 1 saturated heterocycles. The van der Waals surface area contributed by atoms with E-state index in [0.717, 1.165) is 0 Å². The number of nitrogens with zero attached hydrogens (tertiary/aromatic N) is 2. The van der Waals surface area contributed by atoms with Crippen LogP contribution >= 0.6 is 12.2 Å². The number of non-ortho nitro benzene ring substituents is 1. The maximum absolute atomic E-state index is 12.8. The number of nitro benzene ring substituents is 1. The summed E-state index contributed by atoms with van der Waals surface area (Å²) in [5, 5.41) is 13.9. The van der Waals surface area contributed by atoms with Crippen LogP contribution in [0.15, 0.2) is 70.8 Å². The van der Waals surface area contributed by atoms with Crippen molar-refractivity contribution in [3.63, 3.8) is 0 Å². The highest BCUT2D eigenvalue weighted by Crippen LogP contribution is 2.28. The molecule has 0 bridgehead atoms. The molecule has 1 N–H and O–H groups in total. The fraction of sp³-hybridized carbons (Fsp3) is 0.0476. The third kappa shape index (κ3) is 3.65. The zero-order valence-electron chi connectivity index (χ0n) is 15.7. The third-order valence-corrected chi connectivity index (χ3v) is 4.77. The molecular formula is C21H15N3O5S. The number of carbonyl (C=O) groups excluding carboxylic acids is 1. The van der Waals surface area contributed by atoms with Crippen molar-refractivity contribution in [3.8, 4) is 17.1 Å². The highest BCUT2D eigenvalue weighted by atomic mass is 32.1. The molecule has 30 heavy (non-hydrogen) atoms. The molecule has 1 amide bonds. The van der Waals surface area contributed by atoms with E-state index in [1.54, 1.807) is 61.7 Å². The standard InChI is InChI=1S/C21H15N3O5S/c1-28-16-8-6-14(7-9-16)23-20(25)18(22-21(23)30)12-17-10-11-19(29-17)13-2-4-15(5-3-13)24(26)27/h2-12H,1H3,(H,22,30)/b18-12-. The van der Waals surface area contributed by atoms with Crippen molar-refractivity contribution in [1.29, 1.82) is 0 Å². The Morgan fingerprint density at radius 1 is 1.10 bits per heavy atom. The normalized spacial score (nSPS) is 14.8. The van der Waals surface area contributed by atoms with Crippen LogP contribution in [-0.2, 0) is 4.79 Å². The van der Waals surface area contributed by atoms with Gasteiger partial charge in [0, 0.05) is 23.8 Å². The maximum Gasteiger partial charge on any atom is 0.281 e. The van der Waals surface area contributed by atoms with Crippen molar-refractivity contribution < 1.29 is 18.9 Å². The van der Waals surface area contributed by atoms with Gasteiger partial charge >= 0.3 is 0 Å². The summed E-state index contributed by atoms with van der Waals surface area (Å²) in [6, 6.07) is 16.4. The Morgan fingerprint density at radius 2 is 1.80 bits per heavy atom. The maximum atomic E-state index is 12.8. The number of anilines is 1. The molecule has 3 aromatic rings. The van der Waals surface area contributed by atoms with Gasteiger partial charge in [-0.15, -0.1) is 0 Å². The Morgan fingerprint density at radius 3 is 2.43 bits per heavy atom. The number of benzene rings is 2. The van der Waals surface area contributed by atoms with E-state index in [0.29, 0.717) is 28.5 Å². The molecule has 2 aromatic carbocycles. The smallest absolute Gasteiger partial charge is 0.281 e. The van der Waals surface area contributed by atoms with Crippen LogP contribution in [0.1, 0.15) is 5.76 Å². The predicted octanol–water partition coefficient (Wildman–Crippen LogP) is 4.13. The van der Waals surface area contributed by atoms with Crippen LogP contribution in [0.2, 0.25) is 0 Å². The first kappa shape index (κ1) is 19.3. The van der Waals surface area contributed by atoms with Gasteiger partial charge in [0.05, 0.1) is 17.7 Å². The topological polar surface area (TPSA) is 97.8 Å². The molecule has 1 aliphatic heterocycles. The summed E-state index contributed by atoms with van der Waals surface area (Å²) in [4.78, 5) is 24.5. The number of nitro groups is 1. The van der Waals surface area contributed by atoms with Crippen molar-refractivity contribution in [1.82, 2.24) is 5.32 Å². The quantitative estimate of drug-likeness (QED) is 0.286. The minimum atomic E-state index is -0.462. The number of rotatable bonds is 5. The molecule has 0 spiro atoms. The fourth-order valence-electron chi connectivity index (χ4n) is 2.98. The molecule has 0 unspecified atom stereocenters. The van der Waals surface area contributed by atoms with E-state index in [2.05, 4.69) is 5.32 Å². The molecule has 0 saturated carbocycles. The lowest BCUT2D eigenvalue weighted by Gasteiger charge is -2.14. The first-order valence-corrected chi connectivity index (χ1v) is 9.23. The van der Waals surface area contributed by atoms with Crippen LogP contribution < -0.4 is 15.0 Å². The highest BCUT2D eigenvalue weighted by molar-refractivity contribution is 7.80. The van der Waals surface area contributed by atoms with E-state index in [4.69, 9.17) is 21.4 Å². The van der Waals surface area contributed by atoms with Gasteiger partial charge in [0.2, 0.25) is 0 Å². The van der Waals surface area contributed by atoms with E-state index in [9.17, 15) is 14.9 Å². The van der Waals surface area contributed by atoms with Gasteiger partial charge in [-0.2, -0.15) is 0 Å². The van der Waals surface area contributed by atoms with Crippen LogP contribution in [0.3, 0.4) is 0 Å². The number of hydrogen-bond donors (Lipinski definition) is 1. The second-order valence-electron chi connectivity index (χ2n) is 6.33. The first-order chi connectivity index (χ1) is 14.5. The minimum Gasteiger partial charge on any atom is -0.497 e. The molecular weight excluding hydrogens is 406 g/mol. The number of thiocarbonyl (C=S) groups is 1. The van der Waals surface area contributed by atoms with Gasteiger partial charge in [-0.25, -0.2) is 0 Å². The Labute approximate surface area is 176 Å². The van der Waals surface area contributed by atoms with Gasteiger partial charge in [0.1, 0.15) is 23.0 Å². The van der Waals surface area contributed by atoms with Crippen LogP contribution in [-0.4, -0.2) is 23.1 Å². The largest absolute Gasteiger partial charge is 0.497 e. The average molecular weight is 421 g/mol. The molecule has 150 valence electrons. The Kier molecular flexibility index (Phi) is 5.03. The molecule has 1 fully saturated rings. The molecule has 2 heterocycles. The lowest BCUT2D eigenvalue weighted by molar-refractivity contribution is -0.384. The van der Waals surface area contributed by atoms with E-state index in [1.165, 1.54) is 17.0 Å². The van der Waals surface area contributed by atoms with Gasteiger partial charge in [0.15, 0.2) is 5.11 Å². The second-order valence-corrected chi connectivity index (χ2v) is 6.72. The predicted molar refractivity (Wildman–Crippen MR) is 115 cm³/mol. The molecule has 4 rings (SSSR count).